The van der Waals surface area contributed by atoms with Gasteiger partial charge in [-0.15, -0.1) is 11.3 Å². The minimum atomic E-state index is 0.672. The molecule has 0 atom stereocenters. The lowest BCUT2D eigenvalue weighted by Gasteiger charge is -2.33. The third-order valence-electron chi connectivity index (χ3n) is 5.73. The summed E-state index contributed by atoms with van der Waals surface area (Å²) in [4.78, 5) is 19.8. The Morgan fingerprint density at radius 1 is 1.00 bits per heavy atom. The van der Waals surface area contributed by atoms with Crippen LogP contribution in [0.5, 0.6) is 0 Å². The average Bonchev–Trinajstić information content (AvgIpc) is 3.23. The highest BCUT2D eigenvalue weighted by atomic mass is 32.1. The highest BCUT2D eigenvalue weighted by Crippen LogP contribution is 2.37. The molecule has 31 heavy (non-hydrogen) atoms. The van der Waals surface area contributed by atoms with Crippen molar-refractivity contribution < 1.29 is 0 Å². The number of pyridine rings is 1. The van der Waals surface area contributed by atoms with Crippen molar-refractivity contribution in [3.05, 3.63) is 65.4 Å². The lowest BCUT2D eigenvalue weighted by Crippen LogP contribution is -2.44. The van der Waals surface area contributed by atoms with E-state index in [1.165, 1.54) is 11.1 Å². The molecule has 1 aliphatic heterocycles. The van der Waals surface area contributed by atoms with E-state index in [1.54, 1.807) is 11.3 Å². The number of nitrogens with zero attached hydrogens (tertiary/aromatic N) is 5. The first kappa shape index (κ1) is 19.9. The average molecular weight is 431 g/mol. The molecule has 158 valence electrons. The summed E-state index contributed by atoms with van der Waals surface area (Å²) in [5.74, 6) is 2.71. The fourth-order valence-electron chi connectivity index (χ4n) is 3.94. The Balaban J connectivity index is 1.36. The third kappa shape index (κ3) is 4.24. The van der Waals surface area contributed by atoms with Gasteiger partial charge in [0.2, 0.25) is 0 Å². The highest BCUT2D eigenvalue weighted by Gasteiger charge is 2.16. The van der Waals surface area contributed by atoms with Crippen molar-refractivity contribution in [3.63, 3.8) is 0 Å². The summed E-state index contributed by atoms with van der Waals surface area (Å²) < 4.78 is 0. The predicted molar refractivity (Wildman–Crippen MR) is 129 cm³/mol. The van der Waals surface area contributed by atoms with Crippen LogP contribution < -0.4 is 10.2 Å². The maximum absolute atomic E-state index is 4.72. The van der Waals surface area contributed by atoms with Gasteiger partial charge in [-0.1, -0.05) is 36.4 Å². The van der Waals surface area contributed by atoms with Gasteiger partial charge in [0.05, 0.1) is 5.39 Å². The quantitative estimate of drug-likeness (QED) is 0.506. The zero-order chi connectivity index (χ0) is 21.2. The second kappa shape index (κ2) is 8.61. The van der Waals surface area contributed by atoms with Crippen LogP contribution in [0.2, 0.25) is 0 Å². The largest absolute Gasteiger partial charge is 0.365 e. The first-order valence-electron chi connectivity index (χ1n) is 10.6. The molecule has 0 bridgehead atoms. The van der Waals surface area contributed by atoms with Gasteiger partial charge < -0.3 is 15.1 Å². The predicted octanol–water partition coefficient (Wildman–Crippen LogP) is 4.43. The van der Waals surface area contributed by atoms with Crippen LogP contribution in [0.4, 0.5) is 11.6 Å². The molecule has 0 radical (unpaired) electrons. The lowest BCUT2D eigenvalue weighted by atomic mass is 10.1. The molecule has 0 unspecified atom stereocenters. The first-order valence-corrected chi connectivity index (χ1v) is 11.5. The normalized spacial score (nSPS) is 14.8. The second-order valence-electron chi connectivity index (χ2n) is 7.98. The minimum absolute atomic E-state index is 0.672. The van der Waals surface area contributed by atoms with Gasteiger partial charge >= 0.3 is 0 Å². The molecule has 4 heterocycles. The van der Waals surface area contributed by atoms with E-state index in [0.29, 0.717) is 6.54 Å². The molecule has 1 N–H and O–H groups in total. The number of nitrogens with one attached hydrogen (secondary N) is 1. The highest BCUT2D eigenvalue weighted by molar-refractivity contribution is 7.17. The number of rotatable bonds is 5. The molecular formula is C24H26N6S. The summed E-state index contributed by atoms with van der Waals surface area (Å²) in [5, 5.41) is 6.80. The van der Waals surface area contributed by atoms with Gasteiger partial charge in [-0.2, -0.15) is 0 Å². The Hall–Kier alpha value is -3.03. The topological polar surface area (TPSA) is 57.2 Å². The van der Waals surface area contributed by atoms with Crippen LogP contribution in [0, 0.1) is 6.92 Å². The Labute approximate surface area is 186 Å². The van der Waals surface area contributed by atoms with Crippen molar-refractivity contribution in [2.45, 2.75) is 13.5 Å². The van der Waals surface area contributed by atoms with Crippen LogP contribution in [0.3, 0.4) is 0 Å². The number of hydrogen-bond donors (Lipinski definition) is 1. The second-order valence-corrected chi connectivity index (χ2v) is 8.84. The third-order valence-corrected chi connectivity index (χ3v) is 6.60. The zero-order valence-corrected chi connectivity index (χ0v) is 18.7. The van der Waals surface area contributed by atoms with E-state index in [-0.39, 0.29) is 0 Å². The number of aromatic nitrogens is 3. The molecule has 1 aliphatic rings. The molecule has 5 rings (SSSR count). The van der Waals surface area contributed by atoms with Gasteiger partial charge in [0.25, 0.3) is 0 Å². The minimum Gasteiger partial charge on any atom is -0.365 e. The standard InChI is InChI=1S/C24H26N6S/c1-17-27-23(22-20(16-31-24(22)28-17)19-6-4-3-5-7-19)26-15-18-8-9-21(25-14-18)30-12-10-29(2)11-13-30/h3-9,14,16H,10-13,15H2,1-2H3,(H,26,27,28). The number of likely N-dealkylation sites (N-methyl/N-ethyl adjacent to an activating group) is 1. The Morgan fingerprint density at radius 3 is 2.55 bits per heavy atom. The number of fused-ring (bicyclic) bond motifs is 1. The van der Waals surface area contributed by atoms with E-state index >= 15 is 0 Å². The fourth-order valence-corrected chi connectivity index (χ4v) is 4.93. The number of aryl methyl sites for hydroxylation is 1. The molecule has 0 spiro atoms. The molecule has 1 saturated heterocycles. The first-order chi connectivity index (χ1) is 15.2. The molecule has 6 nitrogen and oxygen atoms in total. The lowest BCUT2D eigenvalue weighted by molar-refractivity contribution is 0.312. The fraction of sp³-hybridized carbons (Fsp3) is 0.292. The zero-order valence-electron chi connectivity index (χ0n) is 17.9. The SMILES string of the molecule is Cc1nc(NCc2ccc(N3CCN(C)CC3)nc2)c2c(-c3ccccc3)csc2n1. The summed E-state index contributed by atoms with van der Waals surface area (Å²) in [6.07, 6.45) is 1.97. The monoisotopic (exact) mass is 430 g/mol. The van der Waals surface area contributed by atoms with E-state index in [0.717, 1.165) is 59.4 Å². The van der Waals surface area contributed by atoms with E-state index in [9.17, 15) is 0 Å². The smallest absolute Gasteiger partial charge is 0.139 e. The van der Waals surface area contributed by atoms with Crippen LogP contribution in [0.1, 0.15) is 11.4 Å². The van der Waals surface area contributed by atoms with Gasteiger partial charge in [0.15, 0.2) is 0 Å². The van der Waals surface area contributed by atoms with Crippen molar-refractivity contribution >= 4 is 33.2 Å². The Morgan fingerprint density at radius 2 is 1.81 bits per heavy atom. The van der Waals surface area contributed by atoms with E-state index in [1.807, 2.05) is 19.2 Å². The molecular weight excluding hydrogens is 404 g/mol. The number of anilines is 2. The van der Waals surface area contributed by atoms with Gasteiger partial charge in [0.1, 0.15) is 22.3 Å². The summed E-state index contributed by atoms with van der Waals surface area (Å²) in [6.45, 7) is 6.83. The number of thiophene rings is 1. The molecule has 1 aromatic carbocycles. The van der Waals surface area contributed by atoms with Crippen LogP contribution >= 0.6 is 11.3 Å². The maximum Gasteiger partial charge on any atom is 0.139 e. The van der Waals surface area contributed by atoms with Crippen molar-refractivity contribution in [2.24, 2.45) is 0 Å². The van der Waals surface area contributed by atoms with Crippen LogP contribution in [-0.4, -0.2) is 53.1 Å². The molecule has 7 heteroatoms. The van der Waals surface area contributed by atoms with Crippen molar-refractivity contribution in [1.82, 2.24) is 19.9 Å². The van der Waals surface area contributed by atoms with Crippen LogP contribution in [0.25, 0.3) is 21.3 Å². The van der Waals surface area contributed by atoms with Crippen LogP contribution in [-0.2, 0) is 6.54 Å². The van der Waals surface area contributed by atoms with E-state index in [4.69, 9.17) is 9.97 Å². The van der Waals surface area contributed by atoms with Crippen molar-refractivity contribution in [1.29, 1.82) is 0 Å². The Bertz CT molecular complexity index is 1160. The molecule has 0 saturated carbocycles. The number of piperazine rings is 1. The molecule has 0 aliphatic carbocycles. The molecule has 4 aromatic rings. The molecule has 3 aromatic heterocycles. The van der Waals surface area contributed by atoms with Gasteiger partial charge in [-0.25, -0.2) is 15.0 Å². The Kier molecular flexibility index (Phi) is 5.53. The molecule has 0 amide bonds. The van der Waals surface area contributed by atoms with Crippen LogP contribution in [0.15, 0.2) is 54.0 Å². The van der Waals surface area contributed by atoms with Crippen molar-refractivity contribution in [2.75, 3.05) is 43.4 Å². The van der Waals surface area contributed by atoms with Gasteiger partial charge in [-0.05, 0) is 31.2 Å². The van der Waals surface area contributed by atoms with Gasteiger partial charge in [-0.3, -0.25) is 0 Å². The molecule has 1 fully saturated rings. The summed E-state index contributed by atoms with van der Waals surface area (Å²) >= 11 is 1.66. The number of benzene rings is 1. The van der Waals surface area contributed by atoms with Gasteiger partial charge in [0, 0.05) is 49.9 Å². The summed E-state index contributed by atoms with van der Waals surface area (Å²) in [7, 11) is 2.17. The summed E-state index contributed by atoms with van der Waals surface area (Å²) in [6, 6.07) is 14.7. The van der Waals surface area contributed by atoms with Crippen molar-refractivity contribution in [3.8, 4) is 11.1 Å². The van der Waals surface area contributed by atoms with E-state index < -0.39 is 0 Å². The maximum atomic E-state index is 4.72. The summed E-state index contributed by atoms with van der Waals surface area (Å²) in [5.41, 5.74) is 3.49. The van der Waals surface area contributed by atoms with E-state index in [2.05, 4.69) is 68.9 Å². The number of hydrogen-bond acceptors (Lipinski definition) is 7.